The summed E-state index contributed by atoms with van der Waals surface area (Å²) in [4.78, 5) is 34.3. The highest BCUT2D eigenvalue weighted by atomic mass is 127. The van der Waals surface area contributed by atoms with Crippen LogP contribution in [0.15, 0.2) is 18.2 Å². The van der Waals surface area contributed by atoms with Gasteiger partial charge in [0.1, 0.15) is 0 Å². The average Bonchev–Trinajstić information content (AvgIpc) is 2.41. The Bertz CT molecular complexity index is 563. The quantitative estimate of drug-likeness (QED) is 0.684. The molecule has 1 aromatic carbocycles. The summed E-state index contributed by atoms with van der Waals surface area (Å²) >= 11 is 2.01. The van der Waals surface area contributed by atoms with Crippen molar-refractivity contribution >= 4 is 46.1 Å². The first-order chi connectivity index (χ1) is 9.47. The molecule has 0 saturated carbocycles. The summed E-state index contributed by atoms with van der Waals surface area (Å²) in [6.45, 7) is 0.289. The molecule has 3 N–H and O–H groups in total. The molecule has 2 rings (SSSR count). The first-order valence-electron chi connectivity index (χ1n) is 6.08. The highest BCUT2D eigenvalue weighted by Crippen LogP contribution is 2.21. The fourth-order valence-electron chi connectivity index (χ4n) is 1.99. The Morgan fingerprint density at radius 2 is 2.15 bits per heavy atom. The maximum atomic E-state index is 12.1. The zero-order valence-electron chi connectivity index (χ0n) is 10.5. The van der Waals surface area contributed by atoms with E-state index in [0.29, 0.717) is 12.8 Å². The van der Waals surface area contributed by atoms with E-state index in [-0.39, 0.29) is 35.5 Å². The van der Waals surface area contributed by atoms with Crippen LogP contribution in [0.4, 0.5) is 5.69 Å². The van der Waals surface area contributed by atoms with Crippen molar-refractivity contribution in [2.24, 2.45) is 5.92 Å². The number of aromatic carboxylic acids is 1. The number of carboxylic acid groups (broad SMARTS) is 1. The maximum Gasteiger partial charge on any atom is 0.337 e. The molecule has 20 heavy (non-hydrogen) atoms. The third-order valence-corrected chi connectivity index (χ3v) is 3.78. The molecule has 1 aliphatic rings. The monoisotopic (exact) mass is 388 g/mol. The number of amides is 2. The van der Waals surface area contributed by atoms with Gasteiger partial charge in [0.25, 0.3) is 0 Å². The van der Waals surface area contributed by atoms with E-state index >= 15 is 0 Å². The van der Waals surface area contributed by atoms with Crippen LogP contribution in [-0.4, -0.2) is 29.4 Å². The number of rotatable bonds is 3. The van der Waals surface area contributed by atoms with Gasteiger partial charge in [-0.25, -0.2) is 4.79 Å². The van der Waals surface area contributed by atoms with Crippen molar-refractivity contribution < 1.29 is 19.5 Å². The molecule has 0 aromatic heterocycles. The smallest absolute Gasteiger partial charge is 0.337 e. The number of benzene rings is 1. The fraction of sp³-hybridized carbons (Fsp3) is 0.308. The SMILES string of the molecule is O=C1CCC(C(=O)Nc2ccc(I)cc2C(=O)O)CN1. The number of carbonyl (C=O) groups excluding carboxylic acids is 2. The highest BCUT2D eigenvalue weighted by Gasteiger charge is 2.25. The molecular formula is C13H13IN2O4. The lowest BCUT2D eigenvalue weighted by Crippen LogP contribution is -2.40. The molecule has 106 valence electrons. The molecule has 0 bridgehead atoms. The molecule has 2 amide bonds. The topological polar surface area (TPSA) is 95.5 Å². The van der Waals surface area contributed by atoms with Crippen LogP contribution in [0.25, 0.3) is 0 Å². The van der Waals surface area contributed by atoms with E-state index in [2.05, 4.69) is 10.6 Å². The highest BCUT2D eigenvalue weighted by molar-refractivity contribution is 14.1. The Morgan fingerprint density at radius 1 is 1.40 bits per heavy atom. The summed E-state index contributed by atoms with van der Waals surface area (Å²) in [6.07, 6.45) is 0.793. The zero-order valence-corrected chi connectivity index (χ0v) is 12.6. The Kier molecular flexibility index (Phi) is 4.58. The number of halogens is 1. The van der Waals surface area contributed by atoms with E-state index in [0.717, 1.165) is 3.57 Å². The minimum atomic E-state index is -1.09. The lowest BCUT2D eigenvalue weighted by Gasteiger charge is -2.22. The number of carbonyl (C=O) groups is 3. The largest absolute Gasteiger partial charge is 0.478 e. The van der Waals surface area contributed by atoms with E-state index in [4.69, 9.17) is 5.11 Å². The first-order valence-corrected chi connectivity index (χ1v) is 7.15. The van der Waals surface area contributed by atoms with Crippen LogP contribution in [0.5, 0.6) is 0 Å². The van der Waals surface area contributed by atoms with Gasteiger partial charge < -0.3 is 15.7 Å². The summed E-state index contributed by atoms with van der Waals surface area (Å²) in [5.74, 6) is -1.74. The lowest BCUT2D eigenvalue weighted by molar-refractivity contribution is -0.126. The molecule has 1 aliphatic heterocycles. The van der Waals surface area contributed by atoms with Gasteiger partial charge in [-0.3, -0.25) is 9.59 Å². The Morgan fingerprint density at radius 3 is 2.75 bits per heavy atom. The lowest BCUT2D eigenvalue weighted by atomic mass is 9.98. The molecule has 1 heterocycles. The summed E-state index contributed by atoms with van der Waals surface area (Å²) in [5.41, 5.74) is 0.338. The second-order valence-electron chi connectivity index (χ2n) is 4.52. The van der Waals surface area contributed by atoms with Crippen LogP contribution in [0.2, 0.25) is 0 Å². The molecule has 0 radical (unpaired) electrons. The van der Waals surface area contributed by atoms with E-state index in [1.165, 1.54) is 6.07 Å². The van der Waals surface area contributed by atoms with Gasteiger partial charge in [-0.15, -0.1) is 0 Å². The van der Waals surface area contributed by atoms with Gasteiger partial charge in [-0.2, -0.15) is 0 Å². The normalized spacial score (nSPS) is 18.2. The van der Waals surface area contributed by atoms with Crippen molar-refractivity contribution in [2.75, 3.05) is 11.9 Å². The number of nitrogens with one attached hydrogen (secondary N) is 2. The van der Waals surface area contributed by atoms with Crippen LogP contribution in [0.3, 0.4) is 0 Å². The molecular weight excluding hydrogens is 375 g/mol. The summed E-state index contributed by atoms with van der Waals surface area (Å²) in [7, 11) is 0. The third-order valence-electron chi connectivity index (χ3n) is 3.11. The number of piperidine rings is 1. The molecule has 7 heteroatoms. The molecule has 0 spiro atoms. The number of carboxylic acids is 1. The van der Waals surface area contributed by atoms with Crippen LogP contribution in [-0.2, 0) is 9.59 Å². The second kappa shape index (κ2) is 6.21. The second-order valence-corrected chi connectivity index (χ2v) is 5.77. The van der Waals surface area contributed by atoms with E-state index < -0.39 is 5.97 Å². The van der Waals surface area contributed by atoms with Crippen LogP contribution < -0.4 is 10.6 Å². The van der Waals surface area contributed by atoms with Gasteiger partial charge in [0.05, 0.1) is 17.2 Å². The fourth-order valence-corrected chi connectivity index (χ4v) is 2.49. The minimum absolute atomic E-state index is 0.0603. The summed E-state index contributed by atoms with van der Waals surface area (Å²) < 4.78 is 0.780. The molecule has 1 fully saturated rings. The molecule has 0 aliphatic carbocycles. The molecule has 1 saturated heterocycles. The van der Waals surface area contributed by atoms with Gasteiger partial charge in [0, 0.05) is 16.5 Å². The van der Waals surface area contributed by atoms with E-state index in [9.17, 15) is 14.4 Å². The molecule has 1 aromatic rings. The first kappa shape index (κ1) is 14.8. The number of hydrogen-bond acceptors (Lipinski definition) is 3. The number of hydrogen-bond donors (Lipinski definition) is 3. The number of anilines is 1. The van der Waals surface area contributed by atoms with Crippen molar-refractivity contribution in [1.29, 1.82) is 0 Å². The van der Waals surface area contributed by atoms with Crippen LogP contribution in [0.1, 0.15) is 23.2 Å². The van der Waals surface area contributed by atoms with Crippen LogP contribution in [0, 0.1) is 9.49 Å². The van der Waals surface area contributed by atoms with Gasteiger partial charge in [0.15, 0.2) is 0 Å². The minimum Gasteiger partial charge on any atom is -0.478 e. The van der Waals surface area contributed by atoms with Crippen molar-refractivity contribution in [3.63, 3.8) is 0 Å². The molecule has 1 atom stereocenters. The predicted octanol–water partition coefficient (Wildman–Crippen LogP) is 1.45. The van der Waals surface area contributed by atoms with Gasteiger partial charge in [-0.05, 0) is 47.2 Å². The average molecular weight is 388 g/mol. The Labute approximate surface area is 129 Å². The summed E-state index contributed by atoms with van der Waals surface area (Å²) in [6, 6.07) is 4.80. The Balaban J connectivity index is 2.11. The predicted molar refractivity (Wildman–Crippen MR) is 80.5 cm³/mol. The maximum absolute atomic E-state index is 12.1. The standard InChI is InChI=1S/C13H13IN2O4/c14-8-2-3-10(9(5-8)13(19)20)16-12(18)7-1-4-11(17)15-6-7/h2-3,5,7H,1,4,6H2,(H,15,17)(H,16,18)(H,19,20). The third kappa shape index (κ3) is 3.47. The van der Waals surface area contributed by atoms with Crippen molar-refractivity contribution in [3.8, 4) is 0 Å². The van der Waals surface area contributed by atoms with E-state index in [1.807, 2.05) is 22.6 Å². The van der Waals surface area contributed by atoms with Gasteiger partial charge >= 0.3 is 5.97 Å². The zero-order chi connectivity index (χ0) is 14.7. The van der Waals surface area contributed by atoms with E-state index in [1.54, 1.807) is 12.1 Å². The summed E-state index contributed by atoms with van der Waals surface area (Å²) in [5, 5.41) is 14.4. The van der Waals surface area contributed by atoms with Crippen molar-refractivity contribution in [1.82, 2.24) is 5.32 Å². The van der Waals surface area contributed by atoms with Gasteiger partial charge in [0.2, 0.25) is 11.8 Å². The van der Waals surface area contributed by atoms with Crippen molar-refractivity contribution in [3.05, 3.63) is 27.3 Å². The van der Waals surface area contributed by atoms with Crippen molar-refractivity contribution in [2.45, 2.75) is 12.8 Å². The van der Waals surface area contributed by atoms with Gasteiger partial charge in [-0.1, -0.05) is 0 Å². The molecule has 1 unspecified atom stereocenters. The van der Waals surface area contributed by atoms with Crippen LogP contribution >= 0.6 is 22.6 Å². The Hall–Kier alpha value is -1.64. The molecule has 6 nitrogen and oxygen atoms in total.